The van der Waals surface area contributed by atoms with Gasteiger partial charge in [0.1, 0.15) is 12.1 Å². The summed E-state index contributed by atoms with van der Waals surface area (Å²) < 4.78 is 5.55. The maximum Gasteiger partial charge on any atom is 0.326 e. The van der Waals surface area contributed by atoms with Gasteiger partial charge in [-0.3, -0.25) is 9.69 Å². The standard InChI is InChI=1S/C18H26N2O4/c1-13(2)10-15(18(22)23)19-17(21)16-12-20(8-9-24-16)11-14-6-4-3-5-7-14/h3-7,13,15-16H,8-12H2,1-2H3,(H,19,21)(H,22,23)/t15-,16+/m1/s1. The molecule has 24 heavy (non-hydrogen) atoms. The van der Waals surface area contributed by atoms with Crippen LogP contribution in [0.15, 0.2) is 30.3 Å². The van der Waals surface area contributed by atoms with Crippen molar-refractivity contribution in [3.63, 3.8) is 0 Å². The SMILES string of the molecule is CC(C)C[C@@H](NC(=O)[C@@H]1CN(Cc2ccccc2)CCO1)C(=O)O. The number of rotatable bonds is 7. The molecule has 1 saturated heterocycles. The summed E-state index contributed by atoms with van der Waals surface area (Å²) in [5.41, 5.74) is 1.18. The molecule has 2 rings (SSSR count). The predicted molar refractivity (Wildman–Crippen MR) is 90.5 cm³/mol. The van der Waals surface area contributed by atoms with E-state index >= 15 is 0 Å². The van der Waals surface area contributed by atoms with Crippen LogP contribution in [0.3, 0.4) is 0 Å². The molecule has 0 bridgehead atoms. The Morgan fingerprint density at radius 2 is 2.04 bits per heavy atom. The molecular formula is C18H26N2O4. The van der Waals surface area contributed by atoms with Gasteiger partial charge in [-0.25, -0.2) is 4.79 Å². The zero-order chi connectivity index (χ0) is 17.5. The molecule has 1 aromatic rings. The lowest BCUT2D eigenvalue weighted by Gasteiger charge is -2.32. The van der Waals surface area contributed by atoms with Crippen LogP contribution >= 0.6 is 0 Å². The number of carboxylic acid groups (broad SMARTS) is 1. The second-order valence-electron chi connectivity index (χ2n) is 6.61. The molecule has 2 N–H and O–H groups in total. The summed E-state index contributed by atoms with van der Waals surface area (Å²) in [6.07, 6.45) is -0.224. The van der Waals surface area contributed by atoms with Crippen molar-refractivity contribution in [3.05, 3.63) is 35.9 Å². The Bertz CT molecular complexity index is 547. The second-order valence-corrected chi connectivity index (χ2v) is 6.61. The van der Waals surface area contributed by atoms with Gasteiger partial charge in [0.15, 0.2) is 0 Å². The Morgan fingerprint density at radius 1 is 1.33 bits per heavy atom. The molecule has 1 aliphatic heterocycles. The van der Waals surface area contributed by atoms with E-state index in [9.17, 15) is 14.7 Å². The summed E-state index contributed by atoms with van der Waals surface area (Å²) in [6, 6.07) is 9.18. The molecule has 2 atom stereocenters. The van der Waals surface area contributed by atoms with Gasteiger partial charge < -0.3 is 15.2 Å². The minimum absolute atomic E-state index is 0.188. The molecule has 1 fully saturated rings. The minimum atomic E-state index is -1.01. The van der Waals surface area contributed by atoms with E-state index in [1.54, 1.807) is 0 Å². The molecule has 1 aliphatic rings. The van der Waals surface area contributed by atoms with Gasteiger partial charge in [-0.2, -0.15) is 0 Å². The van der Waals surface area contributed by atoms with Crippen LogP contribution in [-0.4, -0.2) is 53.7 Å². The smallest absolute Gasteiger partial charge is 0.326 e. The summed E-state index contributed by atoms with van der Waals surface area (Å²) in [5, 5.41) is 11.9. The third-order valence-electron chi connectivity index (χ3n) is 4.01. The summed E-state index contributed by atoms with van der Waals surface area (Å²) in [4.78, 5) is 25.8. The molecule has 6 nitrogen and oxygen atoms in total. The molecule has 1 heterocycles. The van der Waals surface area contributed by atoms with Crippen molar-refractivity contribution in [1.82, 2.24) is 10.2 Å². The van der Waals surface area contributed by atoms with E-state index in [1.807, 2.05) is 44.2 Å². The van der Waals surface area contributed by atoms with Crippen LogP contribution in [-0.2, 0) is 20.9 Å². The highest BCUT2D eigenvalue weighted by atomic mass is 16.5. The van der Waals surface area contributed by atoms with Crippen LogP contribution < -0.4 is 5.32 Å². The average Bonchev–Trinajstić information content (AvgIpc) is 2.55. The normalized spacial score (nSPS) is 19.9. The summed E-state index contributed by atoms with van der Waals surface area (Å²) >= 11 is 0. The lowest BCUT2D eigenvalue weighted by Crippen LogP contribution is -2.53. The van der Waals surface area contributed by atoms with Crippen molar-refractivity contribution in [3.8, 4) is 0 Å². The Kier molecular flexibility index (Phi) is 6.75. The molecule has 0 spiro atoms. The molecule has 0 aliphatic carbocycles. The number of carbonyl (C=O) groups excluding carboxylic acids is 1. The number of nitrogens with one attached hydrogen (secondary N) is 1. The van der Waals surface area contributed by atoms with E-state index in [-0.39, 0.29) is 11.8 Å². The number of nitrogens with zero attached hydrogens (tertiary/aromatic N) is 1. The van der Waals surface area contributed by atoms with E-state index in [1.165, 1.54) is 5.56 Å². The van der Waals surface area contributed by atoms with Crippen LogP contribution in [0, 0.1) is 5.92 Å². The van der Waals surface area contributed by atoms with Gasteiger partial charge >= 0.3 is 5.97 Å². The van der Waals surface area contributed by atoms with Crippen LogP contribution in [0.25, 0.3) is 0 Å². The van der Waals surface area contributed by atoms with Gasteiger partial charge in [-0.05, 0) is 17.9 Å². The maximum absolute atomic E-state index is 12.4. The van der Waals surface area contributed by atoms with E-state index in [4.69, 9.17) is 4.74 Å². The molecule has 0 saturated carbocycles. The molecule has 0 radical (unpaired) electrons. The highest BCUT2D eigenvalue weighted by Crippen LogP contribution is 2.12. The fourth-order valence-electron chi connectivity index (χ4n) is 2.80. The Labute approximate surface area is 142 Å². The van der Waals surface area contributed by atoms with Gasteiger partial charge in [-0.1, -0.05) is 44.2 Å². The van der Waals surface area contributed by atoms with E-state index < -0.39 is 18.1 Å². The predicted octanol–water partition coefficient (Wildman–Crippen LogP) is 1.50. The molecule has 1 amide bonds. The zero-order valence-electron chi connectivity index (χ0n) is 14.3. The van der Waals surface area contributed by atoms with E-state index in [0.717, 1.165) is 13.1 Å². The first kappa shape index (κ1) is 18.4. The van der Waals surface area contributed by atoms with Gasteiger partial charge in [0, 0.05) is 19.6 Å². The van der Waals surface area contributed by atoms with E-state index in [0.29, 0.717) is 19.6 Å². The number of hydrogen-bond donors (Lipinski definition) is 2. The topological polar surface area (TPSA) is 78.9 Å². The van der Waals surface area contributed by atoms with Gasteiger partial charge in [0.05, 0.1) is 6.61 Å². The van der Waals surface area contributed by atoms with Crippen molar-refractivity contribution in [2.45, 2.75) is 39.0 Å². The summed E-state index contributed by atoms with van der Waals surface area (Å²) in [6.45, 7) is 6.30. The second kappa shape index (κ2) is 8.80. The van der Waals surface area contributed by atoms with Crippen LogP contribution in [0.1, 0.15) is 25.8 Å². The van der Waals surface area contributed by atoms with Crippen molar-refractivity contribution in [2.75, 3.05) is 19.7 Å². The molecule has 132 valence electrons. The molecular weight excluding hydrogens is 308 g/mol. The minimum Gasteiger partial charge on any atom is -0.480 e. The highest BCUT2D eigenvalue weighted by molar-refractivity contribution is 5.86. The monoisotopic (exact) mass is 334 g/mol. The number of benzene rings is 1. The first-order valence-corrected chi connectivity index (χ1v) is 8.36. The largest absolute Gasteiger partial charge is 0.480 e. The number of morpholine rings is 1. The summed E-state index contributed by atoms with van der Waals surface area (Å²) in [7, 11) is 0. The molecule has 1 aromatic carbocycles. The average molecular weight is 334 g/mol. The van der Waals surface area contributed by atoms with Crippen molar-refractivity contribution < 1.29 is 19.4 Å². The highest BCUT2D eigenvalue weighted by Gasteiger charge is 2.30. The van der Waals surface area contributed by atoms with Crippen molar-refractivity contribution >= 4 is 11.9 Å². The fourth-order valence-corrected chi connectivity index (χ4v) is 2.80. The zero-order valence-corrected chi connectivity index (χ0v) is 14.3. The first-order chi connectivity index (χ1) is 11.5. The third-order valence-corrected chi connectivity index (χ3v) is 4.01. The molecule has 0 aromatic heterocycles. The van der Waals surface area contributed by atoms with Crippen LogP contribution in [0.4, 0.5) is 0 Å². The lowest BCUT2D eigenvalue weighted by molar-refractivity contribution is -0.147. The quantitative estimate of drug-likeness (QED) is 0.790. The lowest BCUT2D eigenvalue weighted by atomic mass is 10.0. The van der Waals surface area contributed by atoms with Gasteiger partial charge in [0.25, 0.3) is 5.91 Å². The van der Waals surface area contributed by atoms with Crippen LogP contribution in [0.2, 0.25) is 0 Å². The maximum atomic E-state index is 12.4. The van der Waals surface area contributed by atoms with Crippen molar-refractivity contribution in [2.24, 2.45) is 5.92 Å². The third kappa shape index (κ3) is 5.62. The number of hydrogen-bond acceptors (Lipinski definition) is 4. The fraction of sp³-hybridized carbons (Fsp3) is 0.556. The number of carbonyl (C=O) groups is 2. The number of amides is 1. The summed E-state index contributed by atoms with van der Waals surface area (Å²) in [5.74, 6) is -1.16. The Balaban J connectivity index is 1.90. The van der Waals surface area contributed by atoms with Crippen LogP contribution in [0.5, 0.6) is 0 Å². The number of aliphatic carboxylic acids is 1. The van der Waals surface area contributed by atoms with Gasteiger partial charge in [0.2, 0.25) is 0 Å². The Morgan fingerprint density at radius 3 is 2.67 bits per heavy atom. The molecule has 6 heteroatoms. The first-order valence-electron chi connectivity index (χ1n) is 8.36. The van der Waals surface area contributed by atoms with E-state index in [2.05, 4.69) is 10.2 Å². The van der Waals surface area contributed by atoms with Gasteiger partial charge in [-0.15, -0.1) is 0 Å². The Hall–Kier alpha value is -1.92. The number of ether oxygens (including phenoxy) is 1. The number of carboxylic acids is 1. The molecule has 0 unspecified atom stereocenters. The van der Waals surface area contributed by atoms with Crippen molar-refractivity contribution in [1.29, 1.82) is 0 Å².